The fourth-order valence-corrected chi connectivity index (χ4v) is 2.77. The molecule has 0 saturated heterocycles. The Morgan fingerprint density at radius 3 is 2.62 bits per heavy atom. The van der Waals surface area contributed by atoms with Crippen molar-refractivity contribution in [3.8, 4) is 5.75 Å². The summed E-state index contributed by atoms with van der Waals surface area (Å²) in [5.41, 5.74) is 2.11. The molecule has 0 spiro atoms. The average molecular weight is 328 g/mol. The summed E-state index contributed by atoms with van der Waals surface area (Å²) < 4.78 is 12.3. The molecule has 0 aliphatic carbocycles. The number of esters is 1. The Hall–Kier alpha value is -2.83. The van der Waals surface area contributed by atoms with Crippen molar-refractivity contribution < 1.29 is 14.3 Å². The van der Waals surface area contributed by atoms with Crippen LogP contribution >= 0.6 is 0 Å². The number of hydrogen-bond donors (Lipinski definition) is 1. The SMILES string of the molecule is COC(=O)C1=C(C)Nc2ncnn2C1c1ccc(OC(C)C)cc1. The van der Waals surface area contributed by atoms with Crippen molar-refractivity contribution >= 4 is 11.9 Å². The van der Waals surface area contributed by atoms with Crippen molar-refractivity contribution in [2.24, 2.45) is 0 Å². The average Bonchev–Trinajstić information content (AvgIpc) is 3.01. The molecule has 1 aromatic carbocycles. The largest absolute Gasteiger partial charge is 0.491 e. The smallest absolute Gasteiger partial charge is 0.338 e. The molecule has 7 heteroatoms. The lowest BCUT2D eigenvalue weighted by atomic mass is 9.96. The van der Waals surface area contributed by atoms with Crippen LogP contribution in [0.2, 0.25) is 0 Å². The highest BCUT2D eigenvalue weighted by molar-refractivity contribution is 5.92. The molecule has 2 aromatic rings. The molecular formula is C17H20N4O3. The van der Waals surface area contributed by atoms with Crippen LogP contribution < -0.4 is 10.1 Å². The molecule has 126 valence electrons. The minimum atomic E-state index is -0.399. The molecule has 1 aliphatic rings. The van der Waals surface area contributed by atoms with E-state index in [1.54, 1.807) is 4.68 Å². The molecule has 1 unspecified atom stereocenters. The van der Waals surface area contributed by atoms with E-state index in [0.717, 1.165) is 11.3 Å². The molecule has 2 heterocycles. The monoisotopic (exact) mass is 328 g/mol. The van der Waals surface area contributed by atoms with Gasteiger partial charge in [0.05, 0.1) is 18.8 Å². The number of benzene rings is 1. The fraction of sp³-hybridized carbons (Fsp3) is 0.353. The summed E-state index contributed by atoms with van der Waals surface area (Å²) >= 11 is 0. The molecule has 0 saturated carbocycles. The lowest BCUT2D eigenvalue weighted by molar-refractivity contribution is -0.136. The normalized spacial score (nSPS) is 16.6. The van der Waals surface area contributed by atoms with Crippen molar-refractivity contribution in [3.63, 3.8) is 0 Å². The molecule has 1 atom stereocenters. The zero-order chi connectivity index (χ0) is 17.3. The quantitative estimate of drug-likeness (QED) is 0.869. The van der Waals surface area contributed by atoms with E-state index >= 15 is 0 Å². The van der Waals surface area contributed by atoms with Crippen molar-refractivity contribution in [3.05, 3.63) is 47.4 Å². The molecular weight excluding hydrogens is 308 g/mol. The lowest BCUT2D eigenvalue weighted by Crippen LogP contribution is -2.29. The van der Waals surface area contributed by atoms with Gasteiger partial charge < -0.3 is 14.8 Å². The number of rotatable bonds is 4. The van der Waals surface area contributed by atoms with Crippen LogP contribution in [0.25, 0.3) is 0 Å². The van der Waals surface area contributed by atoms with E-state index in [0.29, 0.717) is 17.2 Å². The topological polar surface area (TPSA) is 78.3 Å². The maximum atomic E-state index is 12.3. The number of fused-ring (bicyclic) bond motifs is 1. The second-order valence-corrected chi connectivity index (χ2v) is 5.82. The van der Waals surface area contributed by atoms with E-state index in [2.05, 4.69) is 15.4 Å². The first kappa shape index (κ1) is 16.0. The van der Waals surface area contributed by atoms with Crippen molar-refractivity contribution in [1.29, 1.82) is 0 Å². The number of anilines is 1. The Labute approximate surface area is 140 Å². The van der Waals surface area contributed by atoms with Crippen LogP contribution in [-0.2, 0) is 9.53 Å². The first-order valence-corrected chi connectivity index (χ1v) is 7.73. The van der Waals surface area contributed by atoms with Crippen LogP contribution in [0.3, 0.4) is 0 Å². The number of ether oxygens (including phenoxy) is 2. The van der Waals surface area contributed by atoms with Gasteiger partial charge in [-0.3, -0.25) is 0 Å². The summed E-state index contributed by atoms with van der Waals surface area (Å²) in [6, 6.07) is 7.23. The molecule has 3 rings (SSSR count). The molecule has 7 nitrogen and oxygen atoms in total. The van der Waals surface area contributed by atoms with Gasteiger partial charge in [0.15, 0.2) is 0 Å². The van der Waals surface area contributed by atoms with Gasteiger partial charge in [0, 0.05) is 5.70 Å². The van der Waals surface area contributed by atoms with Crippen LogP contribution in [0.15, 0.2) is 41.9 Å². The molecule has 0 fully saturated rings. The third kappa shape index (κ3) is 2.84. The summed E-state index contributed by atoms with van der Waals surface area (Å²) in [6.07, 6.45) is 1.56. The number of hydrogen-bond acceptors (Lipinski definition) is 6. The van der Waals surface area contributed by atoms with E-state index < -0.39 is 12.0 Å². The summed E-state index contributed by atoms with van der Waals surface area (Å²) in [5.74, 6) is 0.975. The first-order chi connectivity index (χ1) is 11.5. The van der Waals surface area contributed by atoms with Gasteiger partial charge in [-0.15, -0.1) is 0 Å². The minimum absolute atomic E-state index is 0.101. The van der Waals surface area contributed by atoms with Gasteiger partial charge in [-0.25, -0.2) is 9.48 Å². The molecule has 0 amide bonds. The Balaban J connectivity index is 2.04. The van der Waals surface area contributed by atoms with Crippen molar-refractivity contribution in [2.75, 3.05) is 12.4 Å². The number of allylic oxidation sites excluding steroid dienone is 1. The van der Waals surface area contributed by atoms with Gasteiger partial charge in [0.1, 0.15) is 18.1 Å². The Morgan fingerprint density at radius 1 is 1.29 bits per heavy atom. The van der Waals surface area contributed by atoms with E-state index in [1.165, 1.54) is 13.4 Å². The maximum absolute atomic E-state index is 12.3. The predicted molar refractivity (Wildman–Crippen MR) is 88.7 cm³/mol. The number of carbonyl (C=O) groups is 1. The first-order valence-electron chi connectivity index (χ1n) is 7.73. The van der Waals surface area contributed by atoms with Gasteiger partial charge in [0.2, 0.25) is 5.95 Å². The zero-order valence-corrected chi connectivity index (χ0v) is 14.1. The lowest BCUT2D eigenvalue weighted by Gasteiger charge is -2.28. The molecule has 1 aliphatic heterocycles. The summed E-state index contributed by atoms with van der Waals surface area (Å²) in [7, 11) is 1.37. The molecule has 1 N–H and O–H groups in total. The Morgan fingerprint density at radius 2 is 2.00 bits per heavy atom. The number of nitrogens with zero attached hydrogens (tertiary/aromatic N) is 3. The predicted octanol–water partition coefficient (Wildman–Crippen LogP) is 2.53. The molecule has 1 aromatic heterocycles. The highest BCUT2D eigenvalue weighted by Gasteiger charge is 2.33. The van der Waals surface area contributed by atoms with Gasteiger partial charge in [-0.2, -0.15) is 10.1 Å². The Bertz CT molecular complexity index is 777. The van der Waals surface area contributed by atoms with E-state index in [-0.39, 0.29) is 6.10 Å². The van der Waals surface area contributed by atoms with Gasteiger partial charge in [-0.05, 0) is 38.5 Å². The summed E-state index contributed by atoms with van der Waals surface area (Å²) in [5, 5.41) is 7.34. The maximum Gasteiger partial charge on any atom is 0.338 e. The molecule has 24 heavy (non-hydrogen) atoms. The Kier molecular flexibility index (Phi) is 4.24. The standard InChI is InChI=1S/C17H20N4O3/c1-10(2)24-13-7-5-12(6-8-13)15-14(16(22)23-4)11(3)20-17-18-9-19-21(15)17/h5-10,15H,1-4H3,(H,18,19,20). The summed E-state index contributed by atoms with van der Waals surface area (Å²) in [4.78, 5) is 16.5. The van der Waals surface area contributed by atoms with Crippen molar-refractivity contribution in [2.45, 2.75) is 32.9 Å². The minimum Gasteiger partial charge on any atom is -0.491 e. The second-order valence-electron chi connectivity index (χ2n) is 5.82. The molecule has 0 radical (unpaired) electrons. The second kappa shape index (κ2) is 6.35. The van der Waals surface area contributed by atoms with Crippen LogP contribution in [-0.4, -0.2) is 33.9 Å². The van der Waals surface area contributed by atoms with Gasteiger partial charge in [0.25, 0.3) is 0 Å². The van der Waals surface area contributed by atoms with Crippen LogP contribution in [0.4, 0.5) is 5.95 Å². The van der Waals surface area contributed by atoms with E-state index in [1.807, 2.05) is 45.0 Å². The fourth-order valence-electron chi connectivity index (χ4n) is 2.77. The third-order valence-electron chi connectivity index (χ3n) is 3.77. The highest BCUT2D eigenvalue weighted by Crippen LogP contribution is 2.35. The zero-order valence-electron chi connectivity index (χ0n) is 14.1. The van der Waals surface area contributed by atoms with E-state index in [4.69, 9.17) is 9.47 Å². The number of methoxy groups -OCH3 is 1. The number of nitrogens with one attached hydrogen (secondary N) is 1. The summed E-state index contributed by atoms with van der Waals surface area (Å²) in [6.45, 7) is 5.78. The highest BCUT2D eigenvalue weighted by atomic mass is 16.5. The van der Waals surface area contributed by atoms with Gasteiger partial charge in [-0.1, -0.05) is 12.1 Å². The van der Waals surface area contributed by atoms with Crippen LogP contribution in [0.1, 0.15) is 32.4 Å². The number of aromatic nitrogens is 3. The number of carbonyl (C=O) groups excluding carboxylic acids is 1. The third-order valence-corrected chi connectivity index (χ3v) is 3.77. The molecule has 0 bridgehead atoms. The van der Waals surface area contributed by atoms with Crippen molar-refractivity contribution in [1.82, 2.24) is 14.8 Å². The van der Waals surface area contributed by atoms with E-state index in [9.17, 15) is 4.79 Å². The van der Waals surface area contributed by atoms with Gasteiger partial charge >= 0.3 is 5.97 Å². The van der Waals surface area contributed by atoms with Crippen LogP contribution in [0, 0.1) is 0 Å². The van der Waals surface area contributed by atoms with Crippen LogP contribution in [0.5, 0.6) is 5.75 Å².